The highest BCUT2D eigenvalue weighted by Crippen LogP contribution is 2.16. The summed E-state index contributed by atoms with van der Waals surface area (Å²) >= 11 is 0. The molecule has 0 aliphatic carbocycles. The number of aromatic nitrogens is 1. The second-order valence-corrected chi connectivity index (χ2v) is 2.81. The first-order valence-corrected chi connectivity index (χ1v) is 4.08. The third kappa shape index (κ3) is 1.21. The van der Waals surface area contributed by atoms with Gasteiger partial charge in [0.05, 0.1) is 0 Å². The van der Waals surface area contributed by atoms with Crippen molar-refractivity contribution in [1.29, 1.82) is 5.26 Å². The SMILES string of the molecule is N#CNC(=O)c1cccc2[nH]ccc12. The number of benzene rings is 1. The summed E-state index contributed by atoms with van der Waals surface area (Å²) < 4.78 is 0. The molecular formula is C10H7N3O. The van der Waals surface area contributed by atoms with Crippen molar-refractivity contribution in [1.82, 2.24) is 10.3 Å². The Morgan fingerprint density at radius 1 is 1.43 bits per heavy atom. The zero-order valence-electron chi connectivity index (χ0n) is 7.24. The van der Waals surface area contributed by atoms with Crippen molar-refractivity contribution < 1.29 is 4.79 Å². The van der Waals surface area contributed by atoms with Crippen molar-refractivity contribution in [3.63, 3.8) is 0 Å². The Morgan fingerprint density at radius 2 is 2.29 bits per heavy atom. The number of hydrogen-bond donors (Lipinski definition) is 2. The predicted octanol–water partition coefficient (Wildman–Crippen LogP) is 1.38. The van der Waals surface area contributed by atoms with Crippen molar-refractivity contribution in [3.05, 3.63) is 36.0 Å². The second-order valence-electron chi connectivity index (χ2n) is 2.81. The fourth-order valence-electron chi connectivity index (χ4n) is 1.40. The number of H-pyrrole nitrogens is 1. The molecule has 0 fully saturated rings. The van der Waals surface area contributed by atoms with Gasteiger partial charge in [-0.05, 0) is 18.2 Å². The van der Waals surface area contributed by atoms with E-state index in [0.29, 0.717) is 5.56 Å². The van der Waals surface area contributed by atoms with Crippen LogP contribution in [-0.2, 0) is 0 Å². The third-order valence-corrected chi connectivity index (χ3v) is 2.01. The molecule has 1 heterocycles. The predicted molar refractivity (Wildman–Crippen MR) is 51.4 cm³/mol. The smallest absolute Gasteiger partial charge is 0.264 e. The minimum Gasteiger partial charge on any atom is -0.361 e. The Bertz CT molecular complexity index is 521. The molecule has 0 saturated heterocycles. The highest BCUT2D eigenvalue weighted by atomic mass is 16.1. The lowest BCUT2D eigenvalue weighted by molar-refractivity contribution is 0.0974. The van der Waals surface area contributed by atoms with E-state index in [9.17, 15) is 4.79 Å². The van der Waals surface area contributed by atoms with Gasteiger partial charge in [0.15, 0.2) is 6.19 Å². The second kappa shape index (κ2) is 3.23. The monoisotopic (exact) mass is 185 g/mol. The van der Waals surface area contributed by atoms with Gasteiger partial charge < -0.3 is 4.98 Å². The molecule has 0 spiro atoms. The van der Waals surface area contributed by atoms with Gasteiger partial charge in [0.1, 0.15) is 0 Å². The summed E-state index contributed by atoms with van der Waals surface area (Å²) in [4.78, 5) is 14.4. The number of nitriles is 1. The molecule has 0 aliphatic rings. The summed E-state index contributed by atoms with van der Waals surface area (Å²) in [5.74, 6) is -0.377. The summed E-state index contributed by atoms with van der Waals surface area (Å²) in [5.41, 5.74) is 1.39. The van der Waals surface area contributed by atoms with E-state index in [2.05, 4.69) is 10.3 Å². The van der Waals surface area contributed by atoms with E-state index >= 15 is 0 Å². The van der Waals surface area contributed by atoms with Crippen molar-refractivity contribution >= 4 is 16.8 Å². The van der Waals surface area contributed by atoms with Crippen LogP contribution < -0.4 is 5.32 Å². The molecular weight excluding hydrogens is 178 g/mol. The van der Waals surface area contributed by atoms with Crippen LogP contribution in [0.5, 0.6) is 0 Å². The van der Waals surface area contributed by atoms with Gasteiger partial charge in [-0.1, -0.05) is 6.07 Å². The molecule has 2 N–H and O–H groups in total. The summed E-state index contributed by atoms with van der Waals surface area (Å²) in [6.45, 7) is 0. The Balaban J connectivity index is 2.57. The number of carbonyl (C=O) groups excluding carboxylic acids is 1. The summed E-state index contributed by atoms with van der Waals surface area (Å²) in [5, 5.41) is 11.2. The van der Waals surface area contributed by atoms with Gasteiger partial charge in [-0.15, -0.1) is 0 Å². The molecule has 0 unspecified atom stereocenters. The van der Waals surface area contributed by atoms with E-state index in [1.165, 1.54) is 0 Å². The van der Waals surface area contributed by atoms with Crippen LogP contribution in [0.25, 0.3) is 10.9 Å². The van der Waals surface area contributed by atoms with E-state index in [1.807, 2.05) is 12.1 Å². The van der Waals surface area contributed by atoms with Crippen molar-refractivity contribution in [2.45, 2.75) is 0 Å². The van der Waals surface area contributed by atoms with E-state index in [1.54, 1.807) is 24.5 Å². The zero-order chi connectivity index (χ0) is 9.97. The van der Waals surface area contributed by atoms with Gasteiger partial charge in [-0.2, -0.15) is 5.26 Å². The number of nitrogens with zero attached hydrogens (tertiary/aromatic N) is 1. The van der Waals surface area contributed by atoms with Crippen molar-refractivity contribution in [3.8, 4) is 6.19 Å². The van der Waals surface area contributed by atoms with Crippen molar-refractivity contribution in [2.24, 2.45) is 0 Å². The number of fused-ring (bicyclic) bond motifs is 1. The van der Waals surface area contributed by atoms with Crippen LogP contribution in [-0.4, -0.2) is 10.9 Å². The maximum Gasteiger partial charge on any atom is 0.264 e. The molecule has 2 aromatic rings. The molecule has 0 radical (unpaired) electrons. The van der Waals surface area contributed by atoms with Crippen LogP contribution in [0.3, 0.4) is 0 Å². The van der Waals surface area contributed by atoms with E-state index in [0.717, 1.165) is 10.9 Å². The number of amides is 1. The first-order chi connectivity index (χ1) is 6.83. The molecule has 0 saturated carbocycles. The highest BCUT2D eigenvalue weighted by molar-refractivity contribution is 6.06. The molecule has 2 rings (SSSR count). The largest absolute Gasteiger partial charge is 0.361 e. The van der Waals surface area contributed by atoms with Crippen LogP contribution in [0.4, 0.5) is 0 Å². The average Bonchev–Trinajstić information content (AvgIpc) is 2.65. The molecule has 1 aromatic heterocycles. The standard InChI is InChI=1S/C10H7N3O/c11-6-13-10(14)8-2-1-3-9-7(8)4-5-12-9/h1-5,12H,(H,13,14). The van der Waals surface area contributed by atoms with Gasteiger partial charge in [0, 0.05) is 22.7 Å². The van der Waals surface area contributed by atoms with Crippen LogP contribution in [0, 0.1) is 11.5 Å². The molecule has 14 heavy (non-hydrogen) atoms. The molecule has 1 aromatic carbocycles. The average molecular weight is 185 g/mol. The van der Waals surface area contributed by atoms with Crippen LogP contribution in [0.1, 0.15) is 10.4 Å². The van der Waals surface area contributed by atoms with Crippen LogP contribution in [0.15, 0.2) is 30.5 Å². The van der Waals surface area contributed by atoms with E-state index in [4.69, 9.17) is 5.26 Å². The van der Waals surface area contributed by atoms with Gasteiger partial charge in [0.2, 0.25) is 0 Å². The first kappa shape index (κ1) is 8.32. The molecule has 0 bridgehead atoms. The molecule has 0 aliphatic heterocycles. The molecule has 68 valence electrons. The number of nitrogens with one attached hydrogen (secondary N) is 2. The number of aromatic amines is 1. The lowest BCUT2D eigenvalue weighted by Crippen LogP contribution is -2.17. The fraction of sp³-hybridized carbons (Fsp3) is 0. The maximum atomic E-state index is 11.4. The number of rotatable bonds is 1. The Kier molecular flexibility index (Phi) is 1.92. The lowest BCUT2D eigenvalue weighted by Gasteiger charge is -1.98. The Hall–Kier alpha value is -2.28. The maximum absolute atomic E-state index is 11.4. The van der Waals surface area contributed by atoms with Crippen molar-refractivity contribution in [2.75, 3.05) is 0 Å². The van der Waals surface area contributed by atoms with E-state index < -0.39 is 0 Å². The summed E-state index contributed by atoms with van der Waals surface area (Å²) in [6.07, 6.45) is 3.37. The van der Waals surface area contributed by atoms with Gasteiger partial charge in [-0.25, -0.2) is 0 Å². The fourth-order valence-corrected chi connectivity index (χ4v) is 1.40. The van der Waals surface area contributed by atoms with Gasteiger partial charge >= 0.3 is 0 Å². The molecule has 4 heteroatoms. The molecule has 1 amide bonds. The normalized spacial score (nSPS) is 9.64. The van der Waals surface area contributed by atoms with E-state index in [-0.39, 0.29) is 5.91 Å². The van der Waals surface area contributed by atoms with Gasteiger partial charge in [-0.3, -0.25) is 10.1 Å². The minimum absolute atomic E-state index is 0.377. The first-order valence-electron chi connectivity index (χ1n) is 4.08. The number of hydrogen-bond acceptors (Lipinski definition) is 2. The highest BCUT2D eigenvalue weighted by Gasteiger charge is 2.08. The van der Waals surface area contributed by atoms with Crippen LogP contribution >= 0.6 is 0 Å². The minimum atomic E-state index is -0.377. The third-order valence-electron chi connectivity index (χ3n) is 2.01. The molecule has 0 atom stereocenters. The van der Waals surface area contributed by atoms with Gasteiger partial charge in [0.25, 0.3) is 5.91 Å². The van der Waals surface area contributed by atoms with Crippen LogP contribution in [0.2, 0.25) is 0 Å². The Morgan fingerprint density at radius 3 is 3.07 bits per heavy atom. The quantitative estimate of drug-likeness (QED) is 0.520. The molecule has 4 nitrogen and oxygen atoms in total. The lowest BCUT2D eigenvalue weighted by atomic mass is 10.1. The topological polar surface area (TPSA) is 68.7 Å². The number of carbonyl (C=O) groups is 1. The zero-order valence-corrected chi connectivity index (χ0v) is 7.24. The summed E-state index contributed by atoms with van der Waals surface area (Å²) in [7, 11) is 0. The summed E-state index contributed by atoms with van der Waals surface area (Å²) in [6, 6.07) is 7.13. The Labute approximate surface area is 80.2 Å².